The summed E-state index contributed by atoms with van der Waals surface area (Å²) in [6.07, 6.45) is 14.7. The predicted molar refractivity (Wildman–Crippen MR) is 61.5 cm³/mol. The molecule has 0 aromatic rings. The van der Waals surface area contributed by atoms with Gasteiger partial charge in [-0.2, -0.15) is 0 Å². The molecule has 0 aromatic carbocycles. The molecule has 0 radical (unpaired) electrons. The Bertz CT molecular complexity index is 163. The van der Waals surface area contributed by atoms with Crippen LogP contribution in [0.1, 0.15) is 58.8 Å². The van der Waals surface area contributed by atoms with Gasteiger partial charge in [0.15, 0.2) is 0 Å². The van der Waals surface area contributed by atoms with Gasteiger partial charge in [-0.3, -0.25) is 0 Å². The molecule has 1 saturated heterocycles. The number of ether oxygens (including phenoxy) is 1. The Morgan fingerprint density at radius 3 is 2.64 bits per heavy atom. The smallest absolute Gasteiger partial charge is 0.102 e. The number of hydrogen-bond acceptors (Lipinski definition) is 1. The van der Waals surface area contributed by atoms with Crippen LogP contribution in [-0.4, -0.2) is 12.2 Å². The number of epoxide rings is 1. The number of unbranched alkanes of at least 4 members (excludes halogenated alkanes) is 4. The Morgan fingerprint density at radius 1 is 1.07 bits per heavy atom. The third-order valence-electron chi connectivity index (χ3n) is 2.75. The van der Waals surface area contributed by atoms with Crippen molar-refractivity contribution in [1.82, 2.24) is 0 Å². The van der Waals surface area contributed by atoms with Crippen molar-refractivity contribution in [1.29, 1.82) is 0 Å². The van der Waals surface area contributed by atoms with Gasteiger partial charge < -0.3 is 4.74 Å². The summed E-state index contributed by atoms with van der Waals surface area (Å²) in [6.45, 7) is 4.47. The highest BCUT2D eigenvalue weighted by Crippen LogP contribution is 2.27. The van der Waals surface area contributed by atoms with Crippen LogP contribution < -0.4 is 0 Å². The van der Waals surface area contributed by atoms with E-state index in [9.17, 15) is 0 Å². The average molecular weight is 196 g/mol. The summed E-state index contributed by atoms with van der Waals surface area (Å²) in [4.78, 5) is 0. The van der Waals surface area contributed by atoms with Crippen LogP contribution in [0.25, 0.3) is 0 Å². The van der Waals surface area contributed by atoms with E-state index in [0.29, 0.717) is 12.2 Å². The van der Waals surface area contributed by atoms with Crippen LogP contribution in [0.3, 0.4) is 0 Å². The first-order valence-corrected chi connectivity index (χ1v) is 6.20. The van der Waals surface area contributed by atoms with Crippen LogP contribution in [0.15, 0.2) is 12.2 Å². The normalized spacial score (nSPS) is 25.9. The molecular formula is C13H24O. The van der Waals surface area contributed by atoms with Gasteiger partial charge in [-0.05, 0) is 19.3 Å². The third-order valence-corrected chi connectivity index (χ3v) is 2.75. The van der Waals surface area contributed by atoms with Crippen molar-refractivity contribution < 1.29 is 4.74 Å². The van der Waals surface area contributed by atoms with Crippen molar-refractivity contribution in [2.45, 2.75) is 71.0 Å². The van der Waals surface area contributed by atoms with Crippen LogP contribution in [0.5, 0.6) is 0 Å². The molecule has 14 heavy (non-hydrogen) atoms. The van der Waals surface area contributed by atoms with E-state index in [4.69, 9.17) is 4.74 Å². The predicted octanol–water partition coefficient (Wildman–Crippen LogP) is 4.08. The lowest BCUT2D eigenvalue weighted by molar-refractivity contribution is 0.378. The Kier molecular flexibility index (Phi) is 5.93. The molecule has 0 amide bonds. The van der Waals surface area contributed by atoms with Crippen LogP contribution in [0, 0.1) is 0 Å². The molecule has 1 fully saturated rings. The van der Waals surface area contributed by atoms with Crippen molar-refractivity contribution >= 4 is 0 Å². The van der Waals surface area contributed by atoms with Gasteiger partial charge in [0.1, 0.15) is 6.10 Å². The monoisotopic (exact) mass is 196 g/mol. The first-order valence-electron chi connectivity index (χ1n) is 6.20. The molecule has 0 aromatic heterocycles. The van der Waals surface area contributed by atoms with Gasteiger partial charge in [0.05, 0.1) is 6.10 Å². The van der Waals surface area contributed by atoms with E-state index in [2.05, 4.69) is 26.0 Å². The molecule has 1 aliphatic heterocycles. The minimum atomic E-state index is 0.459. The van der Waals surface area contributed by atoms with Gasteiger partial charge in [0.2, 0.25) is 0 Å². The van der Waals surface area contributed by atoms with Gasteiger partial charge in [-0.15, -0.1) is 0 Å². The van der Waals surface area contributed by atoms with Crippen molar-refractivity contribution in [2.24, 2.45) is 0 Å². The number of rotatable bonds is 8. The fourth-order valence-corrected chi connectivity index (χ4v) is 1.76. The second kappa shape index (κ2) is 7.05. The lowest BCUT2D eigenvalue weighted by Gasteiger charge is -1.93. The fourth-order valence-electron chi connectivity index (χ4n) is 1.76. The molecule has 1 nitrogen and oxygen atoms in total. The second-order valence-corrected chi connectivity index (χ2v) is 4.21. The maximum Gasteiger partial charge on any atom is 0.102 e. The summed E-state index contributed by atoms with van der Waals surface area (Å²) in [5.74, 6) is 0. The number of allylic oxidation sites excluding steroid dienone is 1. The van der Waals surface area contributed by atoms with Crippen LogP contribution in [-0.2, 0) is 4.74 Å². The van der Waals surface area contributed by atoms with Gasteiger partial charge in [0, 0.05) is 0 Å². The van der Waals surface area contributed by atoms with E-state index in [1.807, 2.05) is 0 Å². The molecule has 0 saturated carbocycles. The third kappa shape index (κ3) is 4.80. The lowest BCUT2D eigenvalue weighted by Crippen LogP contribution is -1.88. The Hall–Kier alpha value is -0.300. The summed E-state index contributed by atoms with van der Waals surface area (Å²) in [7, 11) is 0. The van der Waals surface area contributed by atoms with E-state index >= 15 is 0 Å². The molecular weight excluding hydrogens is 172 g/mol. The Labute approximate surface area is 88.5 Å². The molecule has 0 aliphatic carbocycles. The second-order valence-electron chi connectivity index (χ2n) is 4.21. The molecule has 0 bridgehead atoms. The molecule has 82 valence electrons. The standard InChI is InChI=1S/C13H24O/c1-3-5-6-7-8-9-11-13-12(14-13)10-4-2/h9,11-13H,3-8,10H2,1-2H3/b11-9+/t12-,13-/m1/s1. The van der Waals surface area contributed by atoms with E-state index < -0.39 is 0 Å². The zero-order chi connectivity index (χ0) is 10.2. The quantitative estimate of drug-likeness (QED) is 0.324. The SMILES string of the molecule is CCCCCC/C=C/[C@H]1O[C@@H]1CCC. The summed E-state index contributed by atoms with van der Waals surface area (Å²) in [5.41, 5.74) is 0. The van der Waals surface area contributed by atoms with Gasteiger partial charge >= 0.3 is 0 Å². The maximum atomic E-state index is 5.50. The Balaban J connectivity index is 1.89. The summed E-state index contributed by atoms with van der Waals surface area (Å²) in [6, 6.07) is 0. The molecule has 1 heteroatoms. The minimum Gasteiger partial charge on any atom is -0.365 e. The first kappa shape index (κ1) is 11.8. The molecule has 0 spiro atoms. The topological polar surface area (TPSA) is 12.5 Å². The van der Waals surface area contributed by atoms with Crippen molar-refractivity contribution in [3.8, 4) is 0 Å². The van der Waals surface area contributed by atoms with E-state index in [0.717, 1.165) is 0 Å². The van der Waals surface area contributed by atoms with Gasteiger partial charge in [-0.25, -0.2) is 0 Å². The molecule has 2 atom stereocenters. The highest BCUT2D eigenvalue weighted by Gasteiger charge is 2.34. The number of hydrogen-bond donors (Lipinski definition) is 0. The summed E-state index contributed by atoms with van der Waals surface area (Å²) in [5, 5.41) is 0. The van der Waals surface area contributed by atoms with Gasteiger partial charge in [-0.1, -0.05) is 51.7 Å². The summed E-state index contributed by atoms with van der Waals surface area (Å²) >= 11 is 0. The molecule has 0 N–H and O–H groups in total. The fraction of sp³-hybridized carbons (Fsp3) is 0.846. The first-order chi connectivity index (χ1) is 6.88. The highest BCUT2D eigenvalue weighted by molar-refractivity contribution is 5.02. The average Bonchev–Trinajstić information content (AvgIpc) is 2.91. The molecule has 1 heterocycles. The zero-order valence-corrected chi connectivity index (χ0v) is 9.67. The van der Waals surface area contributed by atoms with E-state index in [1.165, 1.54) is 44.9 Å². The van der Waals surface area contributed by atoms with Crippen molar-refractivity contribution in [3.05, 3.63) is 12.2 Å². The largest absolute Gasteiger partial charge is 0.365 e. The molecule has 0 unspecified atom stereocenters. The zero-order valence-electron chi connectivity index (χ0n) is 9.67. The van der Waals surface area contributed by atoms with Crippen LogP contribution >= 0.6 is 0 Å². The summed E-state index contributed by atoms with van der Waals surface area (Å²) < 4.78 is 5.50. The van der Waals surface area contributed by atoms with Crippen molar-refractivity contribution in [2.75, 3.05) is 0 Å². The van der Waals surface area contributed by atoms with Crippen molar-refractivity contribution in [3.63, 3.8) is 0 Å². The minimum absolute atomic E-state index is 0.459. The highest BCUT2D eigenvalue weighted by atomic mass is 16.6. The van der Waals surface area contributed by atoms with Crippen LogP contribution in [0.2, 0.25) is 0 Å². The van der Waals surface area contributed by atoms with Crippen LogP contribution in [0.4, 0.5) is 0 Å². The van der Waals surface area contributed by atoms with Gasteiger partial charge in [0.25, 0.3) is 0 Å². The molecule has 1 aliphatic rings. The van der Waals surface area contributed by atoms with E-state index in [1.54, 1.807) is 0 Å². The lowest BCUT2D eigenvalue weighted by atomic mass is 10.1. The Morgan fingerprint density at radius 2 is 1.93 bits per heavy atom. The van der Waals surface area contributed by atoms with E-state index in [-0.39, 0.29) is 0 Å². The molecule has 1 rings (SSSR count). The maximum absolute atomic E-state index is 5.50.